The number of hydrogen-bond donors (Lipinski definition) is 1. The van der Waals surface area contributed by atoms with Crippen molar-refractivity contribution in [3.63, 3.8) is 0 Å². The van der Waals surface area contributed by atoms with Crippen molar-refractivity contribution < 1.29 is 13.7 Å². The SMILES string of the molecule is Cc1cccc(CSCCCNC(=O)C2CCCN(Cc3nc(-c4ccc(F)cc4)no3)C2)c1. The lowest BCUT2D eigenvalue weighted by molar-refractivity contribution is -0.126. The molecule has 6 nitrogen and oxygen atoms in total. The Balaban J connectivity index is 1.16. The van der Waals surface area contributed by atoms with Gasteiger partial charge in [0, 0.05) is 24.4 Å². The molecule has 0 radical (unpaired) electrons. The number of likely N-dealkylation sites (tertiary alicyclic amines) is 1. The lowest BCUT2D eigenvalue weighted by Gasteiger charge is -2.30. The minimum atomic E-state index is -0.300. The van der Waals surface area contributed by atoms with Crippen molar-refractivity contribution in [2.45, 2.75) is 38.5 Å². The molecule has 8 heteroatoms. The Labute approximate surface area is 204 Å². The number of thioether (sulfide) groups is 1. The average Bonchev–Trinajstić information content (AvgIpc) is 3.30. The van der Waals surface area contributed by atoms with Gasteiger partial charge in [0.1, 0.15) is 5.82 Å². The highest BCUT2D eigenvalue weighted by Crippen LogP contribution is 2.21. The number of benzene rings is 2. The van der Waals surface area contributed by atoms with Crippen LogP contribution in [0.3, 0.4) is 0 Å². The molecule has 0 spiro atoms. The van der Waals surface area contributed by atoms with Crippen molar-refractivity contribution in [1.29, 1.82) is 0 Å². The second kappa shape index (κ2) is 12.1. The molecule has 1 saturated heterocycles. The van der Waals surface area contributed by atoms with Gasteiger partial charge < -0.3 is 9.84 Å². The minimum absolute atomic E-state index is 0.0202. The maximum absolute atomic E-state index is 13.1. The third-order valence-electron chi connectivity index (χ3n) is 5.92. The highest BCUT2D eigenvalue weighted by atomic mass is 32.2. The summed E-state index contributed by atoms with van der Waals surface area (Å²) in [4.78, 5) is 19.3. The molecule has 2 heterocycles. The molecule has 0 aliphatic carbocycles. The van der Waals surface area contributed by atoms with Crippen LogP contribution in [0.1, 0.15) is 36.3 Å². The Morgan fingerprint density at radius 3 is 2.94 bits per heavy atom. The summed E-state index contributed by atoms with van der Waals surface area (Å²) in [5.74, 6) is 2.79. The first-order valence-electron chi connectivity index (χ1n) is 11.8. The Morgan fingerprint density at radius 1 is 1.26 bits per heavy atom. The summed E-state index contributed by atoms with van der Waals surface area (Å²) in [6, 6.07) is 14.6. The van der Waals surface area contributed by atoms with E-state index >= 15 is 0 Å². The molecule has 1 atom stereocenters. The Morgan fingerprint density at radius 2 is 2.12 bits per heavy atom. The molecule has 1 amide bonds. The second-order valence-corrected chi connectivity index (χ2v) is 9.88. The summed E-state index contributed by atoms with van der Waals surface area (Å²) in [5.41, 5.74) is 3.35. The van der Waals surface area contributed by atoms with E-state index in [-0.39, 0.29) is 17.6 Å². The number of nitrogens with one attached hydrogen (secondary N) is 1. The fraction of sp³-hybridized carbons (Fsp3) is 0.423. The molecule has 1 aliphatic heterocycles. The molecule has 3 aromatic rings. The topological polar surface area (TPSA) is 71.3 Å². The van der Waals surface area contributed by atoms with Gasteiger partial charge in [-0.05, 0) is 68.3 Å². The normalized spacial score (nSPS) is 16.5. The van der Waals surface area contributed by atoms with Gasteiger partial charge in [-0.2, -0.15) is 16.7 Å². The minimum Gasteiger partial charge on any atom is -0.356 e. The van der Waals surface area contributed by atoms with Gasteiger partial charge in [-0.25, -0.2) is 4.39 Å². The predicted molar refractivity (Wildman–Crippen MR) is 133 cm³/mol. The van der Waals surface area contributed by atoms with Crippen LogP contribution in [0, 0.1) is 18.7 Å². The summed E-state index contributed by atoms with van der Waals surface area (Å²) >= 11 is 1.90. The third kappa shape index (κ3) is 7.14. The molecule has 1 fully saturated rings. The lowest BCUT2D eigenvalue weighted by atomic mass is 9.97. The van der Waals surface area contributed by atoms with Crippen molar-refractivity contribution in [2.75, 3.05) is 25.4 Å². The van der Waals surface area contributed by atoms with Crippen LogP contribution in [0.4, 0.5) is 4.39 Å². The molecule has 34 heavy (non-hydrogen) atoms. The van der Waals surface area contributed by atoms with Crippen LogP contribution in [0.2, 0.25) is 0 Å². The molecular formula is C26H31FN4O2S. The number of amides is 1. The van der Waals surface area contributed by atoms with Crippen LogP contribution in [0.25, 0.3) is 11.4 Å². The first kappa shape index (κ1) is 24.4. The quantitative estimate of drug-likeness (QED) is 0.417. The van der Waals surface area contributed by atoms with E-state index in [0.717, 1.165) is 37.3 Å². The number of piperidine rings is 1. The number of aryl methyl sites for hydroxylation is 1. The second-order valence-electron chi connectivity index (χ2n) is 8.78. The molecule has 1 N–H and O–H groups in total. The fourth-order valence-electron chi connectivity index (χ4n) is 4.16. The number of carbonyl (C=O) groups is 1. The molecule has 1 aliphatic rings. The molecule has 4 rings (SSSR count). The van der Waals surface area contributed by atoms with Gasteiger partial charge in [-0.3, -0.25) is 9.69 Å². The van der Waals surface area contributed by atoms with Crippen molar-refractivity contribution in [1.82, 2.24) is 20.4 Å². The monoisotopic (exact) mass is 482 g/mol. The Hall–Kier alpha value is -2.71. The zero-order chi connectivity index (χ0) is 23.8. The van der Waals surface area contributed by atoms with Crippen molar-refractivity contribution in [2.24, 2.45) is 5.92 Å². The van der Waals surface area contributed by atoms with E-state index < -0.39 is 0 Å². The average molecular weight is 483 g/mol. The van der Waals surface area contributed by atoms with Gasteiger partial charge in [0.15, 0.2) is 0 Å². The van der Waals surface area contributed by atoms with Crippen molar-refractivity contribution in [3.8, 4) is 11.4 Å². The number of hydrogen-bond acceptors (Lipinski definition) is 6. The van der Waals surface area contributed by atoms with Gasteiger partial charge in [0.25, 0.3) is 0 Å². The zero-order valence-corrected chi connectivity index (χ0v) is 20.3. The number of carbonyl (C=O) groups excluding carboxylic acids is 1. The van der Waals surface area contributed by atoms with Crippen LogP contribution in [0.5, 0.6) is 0 Å². The number of aromatic nitrogens is 2. The van der Waals surface area contributed by atoms with Crippen LogP contribution in [-0.4, -0.2) is 46.3 Å². The van der Waals surface area contributed by atoms with Gasteiger partial charge >= 0.3 is 0 Å². The molecule has 1 unspecified atom stereocenters. The standard InChI is InChI=1S/C26H31FN4O2S/c1-19-5-2-6-20(15-19)18-34-14-4-12-28-26(32)22-7-3-13-31(16-22)17-24-29-25(30-33-24)21-8-10-23(27)11-9-21/h2,5-6,8-11,15,22H,3-4,7,12-14,16-18H2,1H3,(H,28,32). The fourth-order valence-corrected chi connectivity index (χ4v) is 5.07. The molecular weight excluding hydrogens is 451 g/mol. The summed E-state index contributed by atoms with van der Waals surface area (Å²) < 4.78 is 18.5. The van der Waals surface area contributed by atoms with Gasteiger partial charge in [-0.15, -0.1) is 0 Å². The summed E-state index contributed by atoms with van der Waals surface area (Å²) in [5, 5.41) is 7.12. The molecule has 2 aromatic carbocycles. The van der Waals surface area contributed by atoms with E-state index in [4.69, 9.17) is 4.52 Å². The summed E-state index contributed by atoms with van der Waals surface area (Å²) in [6.07, 6.45) is 2.82. The predicted octanol–water partition coefficient (Wildman–Crippen LogP) is 4.84. The number of halogens is 1. The van der Waals surface area contributed by atoms with Crippen LogP contribution < -0.4 is 5.32 Å². The van der Waals surface area contributed by atoms with E-state index in [9.17, 15) is 9.18 Å². The number of rotatable bonds is 10. The van der Waals surface area contributed by atoms with Crippen molar-refractivity contribution >= 4 is 17.7 Å². The van der Waals surface area contributed by atoms with Gasteiger partial charge in [-0.1, -0.05) is 35.0 Å². The highest BCUT2D eigenvalue weighted by Gasteiger charge is 2.26. The molecule has 180 valence electrons. The van der Waals surface area contributed by atoms with E-state index in [2.05, 4.69) is 51.5 Å². The zero-order valence-electron chi connectivity index (χ0n) is 19.5. The third-order valence-corrected chi connectivity index (χ3v) is 7.04. The molecule has 0 saturated carbocycles. The maximum Gasteiger partial charge on any atom is 0.241 e. The van der Waals surface area contributed by atoms with Crippen molar-refractivity contribution in [3.05, 3.63) is 71.4 Å². The van der Waals surface area contributed by atoms with Gasteiger partial charge in [0.2, 0.25) is 17.6 Å². The van der Waals surface area contributed by atoms with E-state index in [1.807, 2.05) is 11.8 Å². The first-order chi connectivity index (χ1) is 16.6. The maximum atomic E-state index is 13.1. The van der Waals surface area contributed by atoms with Crippen LogP contribution in [0.15, 0.2) is 53.1 Å². The van der Waals surface area contributed by atoms with Crippen LogP contribution >= 0.6 is 11.8 Å². The first-order valence-corrected chi connectivity index (χ1v) is 12.9. The molecule has 1 aromatic heterocycles. The Bertz CT molecular complexity index is 1070. The van der Waals surface area contributed by atoms with Gasteiger partial charge in [0.05, 0.1) is 12.5 Å². The molecule has 0 bridgehead atoms. The largest absolute Gasteiger partial charge is 0.356 e. The smallest absolute Gasteiger partial charge is 0.241 e. The highest BCUT2D eigenvalue weighted by molar-refractivity contribution is 7.98. The van der Waals surface area contributed by atoms with E-state index in [1.165, 1.54) is 23.3 Å². The van der Waals surface area contributed by atoms with E-state index in [1.54, 1.807) is 12.1 Å². The summed E-state index contributed by atoms with van der Waals surface area (Å²) in [6.45, 7) is 4.91. The van der Waals surface area contributed by atoms with E-state index in [0.29, 0.717) is 36.9 Å². The lowest BCUT2D eigenvalue weighted by Crippen LogP contribution is -2.43. The summed E-state index contributed by atoms with van der Waals surface area (Å²) in [7, 11) is 0. The number of nitrogens with zero attached hydrogens (tertiary/aromatic N) is 3. The van der Waals surface area contributed by atoms with Crippen LogP contribution in [-0.2, 0) is 17.1 Å². The Kier molecular flexibility index (Phi) is 8.71.